The van der Waals surface area contributed by atoms with Crippen LogP contribution in [0.1, 0.15) is 18.4 Å². The van der Waals surface area contributed by atoms with Gasteiger partial charge in [-0.1, -0.05) is 25.1 Å². The van der Waals surface area contributed by atoms with Gasteiger partial charge in [0.2, 0.25) is 5.13 Å². The summed E-state index contributed by atoms with van der Waals surface area (Å²) in [5.74, 6) is 1.88. The normalized spacial score (nSPS) is 15.6. The minimum atomic E-state index is 0.734. The molecule has 7 nitrogen and oxygen atoms in total. The van der Waals surface area contributed by atoms with Crippen LogP contribution in [0.2, 0.25) is 0 Å². The Hall–Kier alpha value is -2.61. The van der Waals surface area contributed by atoms with Crippen LogP contribution in [-0.4, -0.2) is 58.4 Å². The maximum Gasteiger partial charge on any atom is 0.205 e. The Morgan fingerprint density at radius 3 is 2.78 bits per heavy atom. The Morgan fingerprint density at radius 2 is 2.07 bits per heavy atom. The van der Waals surface area contributed by atoms with Gasteiger partial charge in [0.1, 0.15) is 5.82 Å². The van der Waals surface area contributed by atoms with Crippen LogP contribution in [0.3, 0.4) is 0 Å². The number of hydrogen-bond acceptors (Lipinski definition) is 5. The lowest BCUT2D eigenvalue weighted by Gasteiger charge is -2.36. The molecule has 0 unspecified atom stereocenters. The Labute approximate surface area is 163 Å². The first-order valence-electron chi connectivity index (χ1n) is 9.36. The summed E-state index contributed by atoms with van der Waals surface area (Å²) in [5, 5.41) is 5.76. The molecule has 0 aliphatic carbocycles. The number of aliphatic imine (C=N–C) groups is 1. The summed E-state index contributed by atoms with van der Waals surface area (Å²) in [6, 6.07) is 10.5. The largest absolute Gasteiger partial charge is 0.357 e. The average molecular weight is 384 g/mol. The highest BCUT2D eigenvalue weighted by Crippen LogP contribution is 2.19. The zero-order chi connectivity index (χ0) is 18.6. The number of fused-ring (bicyclic) bond motifs is 1. The van der Waals surface area contributed by atoms with Gasteiger partial charge >= 0.3 is 0 Å². The van der Waals surface area contributed by atoms with Crippen molar-refractivity contribution in [1.29, 1.82) is 0 Å². The van der Waals surface area contributed by atoms with Gasteiger partial charge in [-0.05, 0) is 17.5 Å². The monoisotopic (exact) mass is 383 g/mol. The van der Waals surface area contributed by atoms with E-state index in [1.165, 1.54) is 22.4 Å². The molecule has 1 aliphatic rings. The van der Waals surface area contributed by atoms with E-state index >= 15 is 0 Å². The van der Waals surface area contributed by atoms with E-state index in [-0.39, 0.29) is 0 Å². The summed E-state index contributed by atoms with van der Waals surface area (Å²) < 4.78 is 4.40. The van der Waals surface area contributed by atoms with E-state index in [1.54, 1.807) is 0 Å². The zero-order valence-electron chi connectivity index (χ0n) is 15.8. The number of para-hydroxylation sites is 1. The smallest absolute Gasteiger partial charge is 0.205 e. The average Bonchev–Trinajstić information content (AvgIpc) is 3.35. The third-order valence-electron chi connectivity index (χ3n) is 4.86. The molecule has 0 atom stereocenters. The molecule has 3 heterocycles. The quantitative estimate of drug-likeness (QED) is 0.535. The van der Waals surface area contributed by atoms with Crippen molar-refractivity contribution in [3.8, 4) is 0 Å². The Bertz CT molecular complexity index is 888. The lowest BCUT2D eigenvalue weighted by atomic mass is 10.2. The molecule has 1 saturated heterocycles. The van der Waals surface area contributed by atoms with E-state index in [4.69, 9.17) is 0 Å². The topological polar surface area (TPSA) is 72.4 Å². The van der Waals surface area contributed by atoms with Gasteiger partial charge in [0.15, 0.2) is 5.96 Å². The van der Waals surface area contributed by atoms with Gasteiger partial charge in [0.05, 0.1) is 6.54 Å². The minimum Gasteiger partial charge on any atom is -0.357 e. The SMILES string of the molecule is CCc1nsc(N2CCN(C(=NC)NCc3cc4ccccc4[nH]3)CC2)n1. The number of benzene rings is 1. The molecular formula is C19H25N7S. The number of nitrogens with one attached hydrogen (secondary N) is 2. The third-order valence-corrected chi connectivity index (χ3v) is 5.67. The van der Waals surface area contributed by atoms with Crippen LogP contribution in [0, 0.1) is 0 Å². The Balaban J connectivity index is 1.33. The van der Waals surface area contributed by atoms with E-state index in [1.807, 2.05) is 7.05 Å². The second-order valence-corrected chi connectivity index (χ2v) is 7.33. The van der Waals surface area contributed by atoms with E-state index in [9.17, 15) is 0 Å². The molecule has 0 spiro atoms. The molecule has 1 aromatic carbocycles. The van der Waals surface area contributed by atoms with Crippen molar-refractivity contribution in [3.63, 3.8) is 0 Å². The van der Waals surface area contributed by atoms with Gasteiger partial charge in [-0.2, -0.15) is 4.37 Å². The van der Waals surface area contributed by atoms with Crippen LogP contribution in [0.25, 0.3) is 10.9 Å². The number of guanidine groups is 1. The van der Waals surface area contributed by atoms with Gasteiger partial charge in [0.25, 0.3) is 0 Å². The third kappa shape index (κ3) is 3.90. The van der Waals surface area contributed by atoms with E-state index in [2.05, 4.69) is 71.7 Å². The molecule has 0 radical (unpaired) electrons. The van der Waals surface area contributed by atoms with Crippen molar-refractivity contribution in [3.05, 3.63) is 41.9 Å². The van der Waals surface area contributed by atoms with E-state index < -0.39 is 0 Å². The van der Waals surface area contributed by atoms with Crippen LogP contribution in [0.4, 0.5) is 5.13 Å². The lowest BCUT2D eigenvalue weighted by Crippen LogP contribution is -2.52. The molecule has 0 amide bonds. The highest BCUT2D eigenvalue weighted by Gasteiger charge is 2.22. The lowest BCUT2D eigenvalue weighted by molar-refractivity contribution is 0.372. The minimum absolute atomic E-state index is 0.734. The second-order valence-electron chi connectivity index (χ2n) is 6.60. The number of anilines is 1. The molecule has 1 fully saturated rings. The molecule has 4 rings (SSSR count). The first-order valence-corrected chi connectivity index (χ1v) is 10.1. The fourth-order valence-corrected chi connectivity index (χ4v) is 4.16. The molecule has 8 heteroatoms. The summed E-state index contributed by atoms with van der Waals surface area (Å²) in [6.07, 6.45) is 0.890. The molecule has 1 aliphatic heterocycles. The predicted octanol–water partition coefficient (Wildman–Crippen LogP) is 2.48. The van der Waals surface area contributed by atoms with Gasteiger partial charge in [0, 0.05) is 62.4 Å². The number of rotatable bonds is 4. The van der Waals surface area contributed by atoms with Crippen LogP contribution in [0.15, 0.2) is 35.3 Å². The number of piperazine rings is 1. The van der Waals surface area contributed by atoms with Crippen molar-refractivity contribution in [1.82, 2.24) is 24.6 Å². The summed E-state index contributed by atoms with van der Waals surface area (Å²) in [7, 11) is 1.85. The number of nitrogens with zero attached hydrogens (tertiary/aromatic N) is 5. The Kier molecular flexibility index (Phi) is 5.24. The maximum atomic E-state index is 4.60. The van der Waals surface area contributed by atoms with E-state index in [0.29, 0.717) is 0 Å². The van der Waals surface area contributed by atoms with Gasteiger partial charge < -0.3 is 20.1 Å². The first kappa shape index (κ1) is 17.8. The number of aryl methyl sites for hydroxylation is 1. The molecule has 27 heavy (non-hydrogen) atoms. The standard InChI is InChI=1S/C19H25N7S/c1-3-17-23-19(27-24-17)26-10-8-25(9-11-26)18(20-2)21-13-15-12-14-6-4-5-7-16(14)22-15/h4-7,12,22H,3,8-11,13H2,1-2H3,(H,20,21). The number of aromatic nitrogens is 3. The van der Waals surface area contributed by atoms with Gasteiger partial charge in [-0.3, -0.25) is 4.99 Å². The molecule has 0 bridgehead atoms. The number of hydrogen-bond donors (Lipinski definition) is 2. The van der Waals surface area contributed by atoms with Crippen molar-refractivity contribution < 1.29 is 0 Å². The highest BCUT2D eigenvalue weighted by atomic mass is 32.1. The van der Waals surface area contributed by atoms with Gasteiger partial charge in [-0.15, -0.1) is 0 Å². The van der Waals surface area contributed by atoms with Crippen molar-refractivity contribution in [2.75, 3.05) is 38.1 Å². The molecule has 0 saturated carbocycles. The number of H-pyrrole nitrogens is 1. The van der Waals surface area contributed by atoms with Crippen molar-refractivity contribution in [2.24, 2.45) is 4.99 Å². The molecule has 2 N–H and O–H groups in total. The predicted molar refractivity (Wildman–Crippen MR) is 112 cm³/mol. The maximum absolute atomic E-state index is 4.60. The summed E-state index contributed by atoms with van der Waals surface area (Å²) in [6.45, 7) is 6.54. The Morgan fingerprint density at radius 1 is 1.26 bits per heavy atom. The zero-order valence-corrected chi connectivity index (χ0v) is 16.6. The van der Waals surface area contributed by atoms with Crippen molar-refractivity contribution >= 4 is 33.5 Å². The molecule has 142 valence electrons. The molecular weight excluding hydrogens is 358 g/mol. The fraction of sp³-hybridized carbons (Fsp3) is 0.421. The summed E-state index contributed by atoms with van der Waals surface area (Å²) in [4.78, 5) is 17.2. The molecule has 3 aromatic rings. The van der Waals surface area contributed by atoms with E-state index in [0.717, 1.165) is 61.8 Å². The van der Waals surface area contributed by atoms with Crippen LogP contribution >= 0.6 is 11.5 Å². The summed E-state index contributed by atoms with van der Waals surface area (Å²) in [5.41, 5.74) is 2.33. The van der Waals surface area contributed by atoms with Crippen LogP contribution < -0.4 is 10.2 Å². The number of aromatic amines is 1. The summed E-state index contributed by atoms with van der Waals surface area (Å²) >= 11 is 1.50. The highest BCUT2D eigenvalue weighted by molar-refractivity contribution is 7.09. The van der Waals surface area contributed by atoms with Crippen LogP contribution in [0.5, 0.6) is 0 Å². The van der Waals surface area contributed by atoms with Crippen molar-refractivity contribution in [2.45, 2.75) is 19.9 Å². The van der Waals surface area contributed by atoms with Crippen LogP contribution in [-0.2, 0) is 13.0 Å². The van der Waals surface area contributed by atoms with Gasteiger partial charge in [-0.25, -0.2) is 4.98 Å². The second kappa shape index (κ2) is 7.96. The fourth-order valence-electron chi connectivity index (χ4n) is 3.36. The molecule has 2 aromatic heterocycles. The first-order chi connectivity index (χ1) is 13.3.